The predicted octanol–water partition coefficient (Wildman–Crippen LogP) is 4.32. The first-order valence-corrected chi connectivity index (χ1v) is 9.05. The number of rotatable bonds is 7. The number of carbonyl (C=O) groups excluding carboxylic acids is 1. The molecule has 0 spiro atoms. The van der Waals surface area contributed by atoms with Gasteiger partial charge in [-0.1, -0.05) is 60.3 Å². The van der Waals surface area contributed by atoms with Crippen molar-refractivity contribution >= 4 is 11.7 Å². The molecule has 0 bridgehead atoms. The van der Waals surface area contributed by atoms with E-state index in [1.54, 1.807) is 6.08 Å². The van der Waals surface area contributed by atoms with Crippen LogP contribution in [-0.2, 0) is 9.53 Å². The predicted molar refractivity (Wildman–Crippen MR) is 107 cm³/mol. The summed E-state index contributed by atoms with van der Waals surface area (Å²) in [5.41, 5.74) is 4.19. The van der Waals surface area contributed by atoms with Crippen molar-refractivity contribution in [2.24, 2.45) is 10.2 Å². The largest absolute Gasteiger partial charge is 0.454 e. The van der Waals surface area contributed by atoms with Crippen LogP contribution in [0.1, 0.15) is 24.8 Å². The van der Waals surface area contributed by atoms with Gasteiger partial charge in [0.25, 0.3) is 0 Å². The summed E-state index contributed by atoms with van der Waals surface area (Å²) in [5.74, 6) is -0.306. The molecule has 0 radical (unpaired) electrons. The first-order chi connectivity index (χ1) is 13.2. The lowest BCUT2D eigenvalue weighted by atomic mass is 9.90. The van der Waals surface area contributed by atoms with E-state index < -0.39 is 0 Å². The molecule has 3 rings (SSSR count). The van der Waals surface area contributed by atoms with Crippen LogP contribution in [0, 0.1) is 4.91 Å². The van der Waals surface area contributed by atoms with Crippen LogP contribution >= 0.6 is 0 Å². The molecule has 1 atom stereocenters. The molecule has 0 saturated carbocycles. The molecule has 0 N–H and O–H groups in total. The van der Waals surface area contributed by atoms with E-state index in [0.29, 0.717) is 31.4 Å². The number of hydrogen-bond donors (Lipinski definition) is 0. The highest BCUT2D eigenvalue weighted by atomic mass is 16.5. The third-order valence-corrected chi connectivity index (χ3v) is 4.64. The normalized spacial score (nSPS) is 19.6. The number of cyclic esters (lactones) is 1. The Morgan fingerprint density at radius 3 is 2.78 bits per heavy atom. The number of allylic oxidation sites excluding steroid dienone is 3. The lowest BCUT2D eigenvalue weighted by Crippen LogP contribution is -2.28. The Morgan fingerprint density at radius 2 is 2.00 bits per heavy atom. The van der Waals surface area contributed by atoms with Gasteiger partial charge in [-0.25, -0.2) is 4.79 Å². The molecule has 2 aliphatic rings. The third-order valence-electron chi connectivity index (χ3n) is 4.64. The van der Waals surface area contributed by atoms with Crippen molar-refractivity contribution in [2.45, 2.75) is 25.4 Å². The van der Waals surface area contributed by atoms with Crippen molar-refractivity contribution in [3.05, 3.63) is 88.4 Å². The Bertz CT molecular complexity index is 848. The van der Waals surface area contributed by atoms with Gasteiger partial charge in [0.05, 0.1) is 12.1 Å². The minimum absolute atomic E-state index is 0.188. The van der Waals surface area contributed by atoms with E-state index in [-0.39, 0.29) is 18.6 Å². The quantitative estimate of drug-likeness (QED) is 0.412. The zero-order valence-electron chi connectivity index (χ0n) is 15.1. The summed E-state index contributed by atoms with van der Waals surface area (Å²) in [7, 11) is 0. The number of ether oxygens (including phenoxy) is 1. The van der Waals surface area contributed by atoms with Crippen LogP contribution in [0.3, 0.4) is 0 Å². The minimum Gasteiger partial charge on any atom is -0.454 e. The number of hydrogen-bond acceptors (Lipinski definition) is 5. The van der Waals surface area contributed by atoms with Crippen molar-refractivity contribution in [1.82, 2.24) is 0 Å². The third kappa shape index (κ3) is 4.56. The van der Waals surface area contributed by atoms with Gasteiger partial charge in [0, 0.05) is 25.1 Å². The van der Waals surface area contributed by atoms with Gasteiger partial charge in [-0.15, -0.1) is 0 Å². The summed E-state index contributed by atoms with van der Waals surface area (Å²) in [5, 5.41) is 2.94. The molecule has 0 amide bonds. The van der Waals surface area contributed by atoms with Crippen LogP contribution in [0.25, 0.3) is 0 Å². The minimum atomic E-state index is -0.374. The van der Waals surface area contributed by atoms with Crippen molar-refractivity contribution in [1.29, 1.82) is 0 Å². The van der Waals surface area contributed by atoms with Gasteiger partial charge in [0.2, 0.25) is 0 Å². The van der Waals surface area contributed by atoms with E-state index in [9.17, 15) is 9.70 Å². The fraction of sp³-hybridized carbons (Fsp3) is 0.273. The van der Waals surface area contributed by atoms with E-state index in [1.165, 1.54) is 0 Å². The van der Waals surface area contributed by atoms with Gasteiger partial charge < -0.3 is 4.74 Å². The molecule has 1 aliphatic heterocycles. The second-order valence-electron chi connectivity index (χ2n) is 6.39. The number of nitrogens with zero attached hydrogens (tertiary/aromatic N) is 2. The summed E-state index contributed by atoms with van der Waals surface area (Å²) in [6, 6.07) is 9.73. The zero-order chi connectivity index (χ0) is 19.1. The van der Waals surface area contributed by atoms with E-state index in [2.05, 4.69) is 16.7 Å². The summed E-state index contributed by atoms with van der Waals surface area (Å²) in [4.78, 5) is 27.5. The lowest BCUT2D eigenvalue weighted by molar-refractivity contribution is -0.143. The second-order valence-corrected chi connectivity index (χ2v) is 6.39. The van der Waals surface area contributed by atoms with Crippen molar-refractivity contribution in [3.8, 4) is 0 Å². The Labute approximate surface area is 158 Å². The maximum atomic E-state index is 12.3. The highest BCUT2D eigenvalue weighted by molar-refractivity contribution is 6.00. The zero-order valence-corrected chi connectivity index (χ0v) is 15.1. The molecule has 1 aromatic rings. The van der Waals surface area contributed by atoms with E-state index in [1.807, 2.05) is 48.6 Å². The first kappa shape index (κ1) is 18.7. The number of esters is 1. The molecule has 5 heteroatoms. The molecular weight excluding hydrogens is 340 g/mol. The Balaban J connectivity index is 1.71. The smallest absolute Gasteiger partial charge is 0.339 e. The molecule has 27 heavy (non-hydrogen) atoms. The van der Waals surface area contributed by atoms with E-state index >= 15 is 0 Å². The summed E-state index contributed by atoms with van der Waals surface area (Å²) in [6.45, 7) is 4.82. The number of nitroso groups, excluding NO2 is 1. The van der Waals surface area contributed by atoms with Gasteiger partial charge in [0.1, 0.15) is 6.10 Å². The molecule has 0 aromatic heterocycles. The maximum absolute atomic E-state index is 12.3. The highest BCUT2D eigenvalue weighted by Crippen LogP contribution is 2.32. The molecule has 138 valence electrons. The summed E-state index contributed by atoms with van der Waals surface area (Å²) < 4.78 is 5.58. The molecule has 1 aromatic carbocycles. The maximum Gasteiger partial charge on any atom is 0.339 e. The summed E-state index contributed by atoms with van der Waals surface area (Å²) in [6.07, 6.45) is 8.90. The molecule has 1 heterocycles. The van der Waals surface area contributed by atoms with Gasteiger partial charge in [-0.3, -0.25) is 4.99 Å². The van der Waals surface area contributed by atoms with E-state index in [0.717, 1.165) is 22.4 Å². The molecule has 1 aliphatic carbocycles. The summed E-state index contributed by atoms with van der Waals surface area (Å²) >= 11 is 0. The average molecular weight is 362 g/mol. The monoisotopic (exact) mass is 362 g/mol. The SMILES string of the molecule is C=C1C2=C(C=CC=CC2)C(=O)OC1CCN=C(CCN=O)c1ccccc1. The van der Waals surface area contributed by atoms with Crippen molar-refractivity contribution in [2.75, 3.05) is 13.1 Å². The van der Waals surface area contributed by atoms with Crippen molar-refractivity contribution in [3.63, 3.8) is 0 Å². The Hall–Kier alpha value is -3.08. The van der Waals surface area contributed by atoms with Crippen LogP contribution in [0.5, 0.6) is 0 Å². The number of aliphatic imine (C=N–C) groups is 1. The Kier molecular flexibility index (Phi) is 6.26. The van der Waals surface area contributed by atoms with Gasteiger partial charge in [-0.05, 0) is 29.2 Å². The van der Waals surface area contributed by atoms with Gasteiger partial charge >= 0.3 is 5.97 Å². The van der Waals surface area contributed by atoms with Crippen LogP contribution < -0.4 is 0 Å². The van der Waals surface area contributed by atoms with Gasteiger partial charge in [0.15, 0.2) is 0 Å². The van der Waals surface area contributed by atoms with E-state index in [4.69, 9.17) is 4.74 Å². The molecule has 1 unspecified atom stereocenters. The molecule has 0 saturated heterocycles. The molecule has 0 fully saturated rings. The fourth-order valence-corrected chi connectivity index (χ4v) is 3.23. The second kappa shape index (κ2) is 9.03. The number of benzene rings is 1. The van der Waals surface area contributed by atoms with Crippen molar-refractivity contribution < 1.29 is 9.53 Å². The van der Waals surface area contributed by atoms with Crippen LogP contribution in [0.4, 0.5) is 0 Å². The lowest BCUT2D eigenvalue weighted by Gasteiger charge is -2.27. The molecule has 5 nitrogen and oxygen atoms in total. The highest BCUT2D eigenvalue weighted by Gasteiger charge is 2.30. The van der Waals surface area contributed by atoms with Crippen LogP contribution in [0.15, 0.2) is 88.1 Å². The topological polar surface area (TPSA) is 68.1 Å². The first-order valence-electron chi connectivity index (χ1n) is 9.05. The Morgan fingerprint density at radius 1 is 1.19 bits per heavy atom. The fourth-order valence-electron chi connectivity index (χ4n) is 3.23. The van der Waals surface area contributed by atoms with Crippen LogP contribution in [0.2, 0.25) is 0 Å². The van der Waals surface area contributed by atoms with Gasteiger partial charge in [-0.2, -0.15) is 4.91 Å². The molecular formula is C22H22N2O3. The number of carbonyl (C=O) groups is 1. The average Bonchev–Trinajstić information content (AvgIpc) is 2.95. The standard InChI is InChI=1S/C22H22N2O3/c1-16-18-10-6-3-7-11-19(18)22(25)27-21(16)13-14-23-20(12-15-24-26)17-8-4-2-5-9-17/h2-9,11,21H,1,10,12-15H2. The van der Waals surface area contributed by atoms with Crippen LogP contribution in [-0.4, -0.2) is 30.9 Å².